The molecule has 1 aromatic heterocycles. The van der Waals surface area contributed by atoms with Gasteiger partial charge in [0.1, 0.15) is 0 Å². The topological polar surface area (TPSA) is 67.2 Å². The molecule has 5 nitrogen and oxygen atoms in total. The predicted octanol–water partition coefficient (Wildman–Crippen LogP) is 1.59. The van der Waals surface area contributed by atoms with E-state index in [1.807, 2.05) is 13.8 Å². The van der Waals surface area contributed by atoms with Crippen LogP contribution in [0, 0.1) is 0 Å². The van der Waals surface area contributed by atoms with Crippen molar-refractivity contribution in [3.05, 3.63) is 12.3 Å². The minimum atomic E-state index is -0.272. The van der Waals surface area contributed by atoms with Gasteiger partial charge in [-0.1, -0.05) is 12.1 Å². The van der Waals surface area contributed by atoms with E-state index in [4.69, 9.17) is 4.52 Å². The van der Waals surface area contributed by atoms with Crippen LogP contribution in [0.4, 0.5) is 10.7 Å². The molecular formula is C8H13N3O2. The summed E-state index contributed by atoms with van der Waals surface area (Å²) in [5.41, 5.74) is 0. The number of carbonyl (C=O) groups excluding carboxylic acids is 1. The number of aromatic nitrogens is 1. The first-order valence-electron chi connectivity index (χ1n) is 4.20. The summed E-state index contributed by atoms with van der Waals surface area (Å²) < 4.78 is 4.70. The Balaban J connectivity index is 2.34. The van der Waals surface area contributed by atoms with Gasteiger partial charge in [0.2, 0.25) is 5.88 Å². The van der Waals surface area contributed by atoms with Gasteiger partial charge in [0, 0.05) is 12.1 Å². The molecule has 0 bridgehead atoms. The molecule has 0 radical (unpaired) electrons. The van der Waals surface area contributed by atoms with Gasteiger partial charge in [0.25, 0.3) is 0 Å². The molecular weight excluding hydrogens is 170 g/mol. The zero-order valence-corrected chi connectivity index (χ0v) is 7.70. The van der Waals surface area contributed by atoms with E-state index in [-0.39, 0.29) is 12.1 Å². The number of nitrogens with one attached hydrogen (secondary N) is 2. The van der Waals surface area contributed by atoms with Crippen LogP contribution >= 0.6 is 0 Å². The molecule has 0 saturated heterocycles. The van der Waals surface area contributed by atoms with Gasteiger partial charge in [-0.05, 0) is 13.3 Å². The van der Waals surface area contributed by atoms with Crippen molar-refractivity contribution in [1.29, 1.82) is 0 Å². The summed E-state index contributed by atoms with van der Waals surface area (Å²) in [6.07, 6.45) is 2.36. The van der Waals surface area contributed by atoms with Crippen molar-refractivity contribution in [2.24, 2.45) is 0 Å². The molecule has 0 aliphatic heterocycles. The fraction of sp³-hybridized carbons (Fsp3) is 0.500. The lowest BCUT2D eigenvalue weighted by atomic mass is 10.3. The lowest BCUT2D eigenvalue weighted by Gasteiger charge is -2.10. The van der Waals surface area contributed by atoms with Crippen molar-refractivity contribution in [2.45, 2.75) is 26.3 Å². The molecule has 0 aromatic carbocycles. The summed E-state index contributed by atoms with van der Waals surface area (Å²) in [5.74, 6) is 0.348. The second-order valence-electron chi connectivity index (χ2n) is 2.78. The smallest absolute Gasteiger partial charge is 0.321 e. The second kappa shape index (κ2) is 4.49. The number of hydrogen-bond acceptors (Lipinski definition) is 3. The molecule has 13 heavy (non-hydrogen) atoms. The second-order valence-corrected chi connectivity index (χ2v) is 2.78. The van der Waals surface area contributed by atoms with Crippen LogP contribution in [0.3, 0.4) is 0 Å². The Labute approximate surface area is 76.5 Å². The van der Waals surface area contributed by atoms with E-state index in [9.17, 15) is 4.79 Å². The van der Waals surface area contributed by atoms with Crippen molar-refractivity contribution >= 4 is 11.9 Å². The van der Waals surface area contributed by atoms with Crippen LogP contribution in [0.1, 0.15) is 20.3 Å². The minimum absolute atomic E-state index is 0.155. The van der Waals surface area contributed by atoms with Crippen molar-refractivity contribution in [3.8, 4) is 0 Å². The van der Waals surface area contributed by atoms with E-state index in [0.717, 1.165) is 6.42 Å². The first kappa shape index (κ1) is 9.57. The first-order chi connectivity index (χ1) is 6.22. The molecule has 0 spiro atoms. The number of anilines is 1. The summed E-state index contributed by atoms with van der Waals surface area (Å²) in [4.78, 5) is 11.2. The van der Waals surface area contributed by atoms with E-state index < -0.39 is 0 Å². The maximum Gasteiger partial charge on any atom is 0.321 e. The lowest BCUT2D eigenvalue weighted by molar-refractivity contribution is 0.248. The molecule has 1 atom stereocenters. The number of urea groups is 1. The third-order valence-corrected chi connectivity index (χ3v) is 1.66. The van der Waals surface area contributed by atoms with Gasteiger partial charge in [-0.3, -0.25) is 5.32 Å². The Bertz CT molecular complexity index is 258. The molecule has 0 aliphatic rings. The summed E-state index contributed by atoms with van der Waals surface area (Å²) in [5, 5.41) is 8.69. The molecule has 1 rings (SSSR count). The predicted molar refractivity (Wildman–Crippen MR) is 48.4 cm³/mol. The minimum Gasteiger partial charge on any atom is -0.338 e. The van der Waals surface area contributed by atoms with Gasteiger partial charge in [-0.15, -0.1) is 0 Å². The molecule has 1 aromatic rings. The molecule has 1 heterocycles. The molecule has 0 aliphatic carbocycles. The normalized spacial score (nSPS) is 12.2. The van der Waals surface area contributed by atoms with Crippen LogP contribution in [0.5, 0.6) is 0 Å². The van der Waals surface area contributed by atoms with Crippen molar-refractivity contribution in [1.82, 2.24) is 10.5 Å². The maximum absolute atomic E-state index is 11.2. The fourth-order valence-electron chi connectivity index (χ4n) is 0.754. The standard InChI is InChI=1S/C8H13N3O2/c1-3-6(2)10-8(12)11-7-4-5-9-13-7/h4-6H,3H2,1-2H3,(H2,10,11,12). The third kappa shape index (κ3) is 3.14. The van der Waals surface area contributed by atoms with E-state index >= 15 is 0 Å². The van der Waals surface area contributed by atoms with Crippen molar-refractivity contribution in [3.63, 3.8) is 0 Å². The monoisotopic (exact) mass is 183 g/mol. The van der Waals surface area contributed by atoms with E-state index in [1.54, 1.807) is 6.07 Å². The van der Waals surface area contributed by atoms with Crippen LogP contribution in [-0.4, -0.2) is 17.2 Å². The lowest BCUT2D eigenvalue weighted by Crippen LogP contribution is -2.35. The Morgan fingerprint density at radius 3 is 3.08 bits per heavy atom. The van der Waals surface area contributed by atoms with E-state index in [1.165, 1.54) is 6.20 Å². The maximum atomic E-state index is 11.2. The molecule has 72 valence electrons. The molecule has 5 heteroatoms. The Kier molecular flexibility index (Phi) is 3.31. The average Bonchev–Trinajstić information content (AvgIpc) is 2.56. The summed E-state index contributed by atoms with van der Waals surface area (Å²) in [6.45, 7) is 3.93. The van der Waals surface area contributed by atoms with Gasteiger partial charge < -0.3 is 9.84 Å². The average molecular weight is 183 g/mol. The molecule has 2 amide bonds. The van der Waals surface area contributed by atoms with E-state index in [0.29, 0.717) is 5.88 Å². The van der Waals surface area contributed by atoms with Gasteiger partial charge in [0.15, 0.2) is 0 Å². The zero-order valence-electron chi connectivity index (χ0n) is 7.70. The van der Waals surface area contributed by atoms with E-state index in [2.05, 4.69) is 15.8 Å². The number of hydrogen-bond donors (Lipinski definition) is 2. The molecule has 1 unspecified atom stereocenters. The van der Waals surface area contributed by atoms with Gasteiger partial charge in [-0.2, -0.15) is 0 Å². The van der Waals surface area contributed by atoms with Crippen LogP contribution < -0.4 is 10.6 Å². The summed E-state index contributed by atoms with van der Waals surface area (Å²) in [7, 11) is 0. The van der Waals surface area contributed by atoms with Crippen LogP contribution in [0.15, 0.2) is 16.8 Å². The number of nitrogens with zero attached hydrogens (tertiary/aromatic N) is 1. The molecule has 0 fully saturated rings. The van der Waals surface area contributed by atoms with Crippen LogP contribution in [-0.2, 0) is 0 Å². The quantitative estimate of drug-likeness (QED) is 0.747. The largest absolute Gasteiger partial charge is 0.338 e. The SMILES string of the molecule is CCC(C)NC(=O)Nc1ccno1. The van der Waals surface area contributed by atoms with Gasteiger partial charge in [0.05, 0.1) is 6.20 Å². The number of rotatable bonds is 3. The molecule has 2 N–H and O–H groups in total. The first-order valence-corrected chi connectivity index (χ1v) is 4.20. The fourth-order valence-corrected chi connectivity index (χ4v) is 0.754. The summed E-state index contributed by atoms with van der Waals surface area (Å²) >= 11 is 0. The highest BCUT2D eigenvalue weighted by molar-refractivity contribution is 5.87. The van der Waals surface area contributed by atoms with Crippen molar-refractivity contribution in [2.75, 3.05) is 5.32 Å². The highest BCUT2D eigenvalue weighted by Crippen LogP contribution is 2.02. The van der Waals surface area contributed by atoms with Crippen molar-refractivity contribution < 1.29 is 9.32 Å². The Morgan fingerprint density at radius 2 is 2.54 bits per heavy atom. The Morgan fingerprint density at radius 1 is 1.77 bits per heavy atom. The van der Waals surface area contributed by atoms with Gasteiger partial charge in [-0.25, -0.2) is 4.79 Å². The zero-order chi connectivity index (χ0) is 9.68. The summed E-state index contributed by atoms with van der Waals surface area (Å²) in [6, 6.07) is 1.46. The number of amides is 2. The van der Waals surface area contributed by atoms with Crippen LogP contribution in [0.2, 0.25) is 0 Å². The highest BCUT2D eigenvalue weighted by atomic mass is 16.5. The molecule has 0 saturated carbocycles. The third-order valence-electron chi connectivity index (χ3n) is 1.66. The number of carbonyl (C=O) groups is 1. The Hall–Kier alpha value is -1.52. The van der Waals surface area contributed by atoms with Gasteiger partial charge >= 0.3 is 6.03 Å². The van der Waals surface area contributed by atoms with Crippen LogP contribution in [0.25, 0.3) is 0 Å². The highest BCUT2D eigenvalue weighted by Gasteiger charge is 2.06.